The van der Waals surface area contributed by atoms with Crippen LogP contribution in [0.3, 0.4) is 0 Å². The predicted molar refractivity (Wildman–Crippen MR) is 80.6 cm³/mol. The number of fused-ring (bicyclic) bond motifs is 1. The zero-order valence-corrected chi connectivity index (χ0v) is 12.9. The van der Waals surface area contributed by atoms with Crippen LogP contribution in [0.2, 0.25) is 0 Å². The first kappa shape index (κ1) is 12.1. The summed E-state index contributed by atoms with van der Waals surface area (Å²) in [6.07, 6.45) is 1.18. The van der Waals surface area contributed by atoms with Crippen molar-refractivity contribution in [1.29, 1.82) is 0 Å². The molecule has 1 aromatic rings. The van der Waals surface area contributed by atoms with Gasteiger partial charge in [0.2, 0.25) is 0 Å². The highest BCUT2D eigenvalue weighted by atomic mass is 79.9. The zero-order chi connectivity index (χ0) is 11.8. The molecule has 0 aromatic carbocycles. The molecule has 0 saturated carbocycles. The molecule has 3 rings (SSSR count). The first-order valence-electron chi connectivity index (χ1n) is 5.89. The average molecular weight is 331 g/mol. The molecule has 1 aromatic heterocycles. The Morgan fingerprint density at radius 3 is 3.24 bits per heavy atom. The third kappa shape index (κ3) is 2.17. The maximum atomic E-state index is 4.70. The molecule has 0 saturated heterocycles. The van der Waals surface area contributed by atoms with E-state index in [-0.39, 0.29) is 0 Å². The van der Waals surface area contributed by atoms with Gasteiger partial charge in [0.1, 0.15) is 0 Å². The molecule has 2 aliphatic heterocycles. The van der Waals surface area contributed by atoms with Crippen LogP contribution in [0.1, 0.15) is 23.4 Å². The van der Waals surface area contributed by atoms with E-state index in [4.69, 9.17) is 4.99 Å². The van der Waals surface area contributed by atoms with Gasteiger partial charge in [0.25, 0.3) is 0 Å². The number of rotatable bonds is 1. The Hall–Kier alpha value is -0.000000000000000111. The van der Waals surface area contributed by atoms with Crippen LogP contribution in [-0.4, -0.2) is 33.7 Å². The molecule has 0 spiro atoms. The Kier molecular flexibility index (Phi) is 3.50. The number of alkyl halides is 1. The van der Waals surface area contributed by atoms with Gasteiger partial charge in [0, 0.05) is 22.0 Å². The number of thiophene rings is 1. The van der Waals surface area contributed by atoms with Gasteiger partial charge in [-0.1, -0.05) is 27.7 Å². The maximum Gasteiger partial charge on any atom is 0.160 e. The summed E-state index contributed by atoms with van der Waals surface area (Å²) in [7, 11) is 0. The van der Waals surface area contributed by atoms with Gasteiger partial charge in [-0.05, 0) is 30.4 Å². The zero-order valence-electron chi connectivity index (χ0n) is 9.73. The van der Waals surface area contributed by atoms with Gasteiger partial charge < -0.3 is 4.90 Å². The molecule has 0 amide bonds. The van der Waals surface area contributed by atoms with Gasteiger partial charge in [-0.25, -0.2) is 0 Å². The van der Waals surface area contributed by atoms with Crippen LogP contribution in [0.15, 0.2) is 16.4 Å². The fourth-order valence-corrected chi connectivity index (χ4v) is 5.02. The molecule has 92 valence electrons. The summed E-state index contributed by atoms with van der Waals surface area (Å²) in [4.78, 5) is 8.74. The van der Waals surface area contributed by atoms with Crippen LogP contribution in [0.25, 0.3) is 0 Å². The monoisotopic (exact) mass is 330 g/mol. The van der Waals surface area contributed by atoms with Gasteiger partial charge in [0.15, 0.2) is 5.17 Å². The van der Waals surface area contributed by atoms with E-state index in [2.05, 4.69) is 39.2 Å². The fraction of sp³-hybridized carbons (Fsp3) is 0.583. The lowest BCUT2D eigenvalue weighted by molar-refractivity contribution is 0.328. The molecular weight excluding hydrogens is 316 g/mol. The lowest BCUT2D eigenvalue weighted by Crippen LogP contribution is -2.36. The number of nitrogens with zero attached hydrogens (tertiary/aromatic N) is 2. The minimum atomic E-state index is 0.491. The topological polar surface area (TPSA) is 15.6 Å². The normalized spacial score (nSPS) is 28.1. The second-order valence-electron chi connectivity index (χ2n) is 4.44. The fourth-order valence-electron chi connectivity index (χ4n) is 2.41. The Morgan fingerprint density at radius 1 is 1.59 bits per heavy atom. The van der Waals surface area contributed by atoms with Crippen LogP contribution >= 0.6 is 39.0 Å². The van der Waals surface area contributed by atoms with Crippen LogP contribution in [-0.2, 0) is 6.42 Å². The van der Waals surface area contributed by atoms with E-state index in [1.165, 1.54) is 17.2 Å². The Balaban J connectivity index is 1.79. The van der Waals surface area contributed by atoms with Crippen LogP contribution < -0.4 is 0 Å². The van der Waals surface area contributed by atoms with Crippen molar-refractivity contribution in [3.8, 4) is 0 Å². The summed E-state index contributed by atoms with van der Waals surface area (Å²) >= 11 is 7.38. The van der Waals surface area contributed by atoms with E-state index in [9.17, 15) is 0 Å². The summed E-state index contributed by atoms with van der Waals surface area (Å²) in [5, 5.41) is 5.13. The van der Waals surface area contributed by atoms with Crippen molar-refractivity contribution < 1.29 is 0 Å². The van der Waals surface area contributed by atoms with E-state index in [1.807, 2.05) is 23.1 Å². The predicted octanol–water partition coefficient (Wildman–Crippen LogP) is 3.53. The third-order valence-corrected chi connectivity index (χ3v) is 6.83. The van der Waals surface area contributed by atoms with Crippen molar-refractivity contribution in [2.45, 2.75) is 24.6 Å². The van der Waals surface area contributed by atoms with E-state index >= 15 is 0 Å². The molecule has 2 aliphatic rings. The van der Waals surface area contributed by atoms with Gasteiger partial charge in [-0.15, -0.1) is 11.3 Å². The molecule has 2 unspecified atom stereocenters. The van der Waals surface area contributed by atoms with Crippen molar-refractivity contribution in [2.24, 2.45) is 4.99 Å². The van der Waals surface area contributed by atoms with Gasteiger partial charge in [0.05, 0.1) is 12.6 Å². The highest BCUT2D eigenvalue weighted by molar-refractivity contribution is 9.09. The number of aliphatic imine (C=N–C) groups is 1. The second-order valence-corrected chi connectivity index (χ2v) is 7.35. The molecule has 2 nitrogen and oxygen atoms in total. The summed E-state index contributed by atoms with van der Waals surface area (Å²) in [6.45, 7) is 4.38. The molecule has 2 atom stereocenters. The number of amidine groups is 1. The van der Waals surface area contributed by atoms with Crippen molar-refractivity contribution in [1.82, 2.24) is 4.90 Å². The van der Waals surface area contributed by atoms with Gasteiger partial charge in [-0.3, -0.25) is 4.99 Å². The van der Waals surface area contributed by atoms with E-state index in [0.29, 0.717) is 11.3 Å². The first-order chi connectivity index (χ1) is 8.29. The van der Waals surface area contributed by atoms with E-state index < -0.39 is 0 Å². The minimum Gasteiger partial charge on any atom is -0.344 e. The van der Waals surface area contributed by atoms with E-state index in [0.717, 1.165) is 18.4 Å². The minimum absolute atomic E-state index is 0.491. The van der Waals surface area contributed by atoms with Crippen LogP contribution in [0.5, 0.6) is 0 Å². The average Bonchev–Trinajstić information content (AvgIpc) is 2.97. The van der Waals surface area contributed by atoms with Gasteiger partial charge >= 0.3 is 0 Å². The molecule has 3 heterocycles. The molecule has 0 aliphatic carbocycles. The smallest absolute Gasteiger partial charge is 0.160 e. The molecule has 17 heavy (non-hydrogen) atoms. The highest BCUT2D eigenvalue weighted by Gasteiger charge is 2.30. The maximum absolute atomic E-state index is 4.70. The number of thioether (sulfide) groups is 1. The molecule has 0 N–H and O–H groups in total. The largest absolute Gasteiger partial charge is 0.344 e. The van der Waals surface area contributed by atoms with E-state index in [1.54, 1.807) is 4.88 Å². The van der Waals surface area contributed by atoms with Crippen molar-refractivity contribution in [3.05, 3.63) is 21.9 Å². The second kappa shape index (κ2) is 4.94. The lowest BCUT2D eigenvalue weighted by Gasteiger charge is -2.34. The Labute approximate surface area is 119 Å². The summed E-state index contributed by atoms with van der Waals surface area (Å²) in [6, 6.07) is 2.77. The highest BCUT2D eigenvalue weighted by Crippen LogP contribution is 2.36. The summed E-state index contributed by atoms with van der Waals surface area (Å²) < 4.78 is 0. The third-order valence-electron chi connectivity index (χ3n) is 3.40. The molecule has 0 bridgehead atoms. The van der Waals surface area contributed by atoms with Gasteiger partial charge in [-0.2, -0.15) is 0 Å². The molecule has 0 radical (unpaired) electrons. The standard InChI is InChI=1S/C12H15BrN2S2/c1-8-10-3-5-16-11(10)2-4-15(8)12-14-7-9(6-13)17-12/h3,5,8-9H,2,4,6-7H2,1H3. The number of hydrogen-bond donors (Lipinski definition) is 0. The van der Waals surface area contributed by atoms with Crippen LogP contribution in [0, 0.1) is 0 Å². The summed E-state index contributed by atoms with van der Waals surface area (Å²) in [5.41, 5.74) is 1.51. The number of hydrogen-bond acceptors (Lipinski definition) is 4. The van der Waals surface area contributed by atoms with Crippen LogP contribution in [0.4, 0.5) is 0 Å². The van der Waals surface area contributed by atoms with Crippen molar-refractivity contribution in [3.63, 3.8) is 0 Å². The quantitative estimate of drug-likeness (QED) is 0.732. The molecule has 0 fully saturated rings. The van der Waals surface area contributed by atoms with Crippen molar-refractivity contribution >= 4 is 44.2 Å². The summed E-state index contributed by atoms with van der Waals surface area (Å²) in [5.74, 6) is 0. The van der Waals surface area contributed by atoms with Crippen molar-refractivity contribution in [2.75, 3.05) is 18.4 Å². The molecular formula is C12H15BrN2S2. The first-order valence-corrected chi connectivity index (χ1v) is 8.77. The lowest BCUT2D eigenvalue weighted by atomic mass is 10.0. The Morgan fingerprint density at radius 2 is 2.47 bits per heavy atom. The molecule has 5 heteroatoms. The number of halogens is 1. The Bertz CT molecular complexity index is 443. The SMILES string of the molecule is CC1c2ccsc2CCN1C1=NCC(CBr)S1.